The lowest BCUT2D eigenvalue weighted by molar-refractivity contribution is 0.152. The van der Waals surface area contributed by atoms with E-state index in [4.69, 9.17) is 10.5 Å². The number of ether oxygens (including phenoxy) is 1. The van der Waals surface area contributed by atoms with E-state index in [1.54, 1.807) is 18.6 Å². The molecule has 2 atom stereocenters. The van der Waals surface area contributed by atoms with Crippen molar-refractivity contribution in [3.05, 3.63) is 47.8 Å². The lowest BCUT2D eigenvalue weighted by Crippen LogP contribution is -2.25. The minimum atomic E-state index is -0.310. The molecule has 0 bridgehead atoms. The summed E-state index contributed by atoms with van der Waals surface area (Å²) in [6.07, 6.45) is 4.05. The first-order chi connectivity index (χ1) is 9.19. The first-order valence-corrected chi connectivity index (χ1v) is 6.40. The first kappa shape index (κ1) is 12.2. The molecule has 0 spiro atoms. The molecule has 4 nitrogen and oxygen atoms in total. The largest absolute Gasteiger partial charge is 0.484 e. The maximum atomic E-state index is 13.3. The zero-order valence-corrected chi connectivity index (χ0v) is 10.7. The summed E-state index contributed by atoms with van der Waals surface area (Å²) in [5, 5.41) is 0. The second-order valence-electron chi connectivity index (χ2n) is 4.74. The molecule has 2 unspecified atom stereocenters. The highest BCUT2D eigenvalue weighted by atomic mass is 19.1. The predicted molar refractivity (Wildman–Crippen MR) is 69.2 cm³/mol. The minimum Gasteiger partial charge on any atom is -0.484 e. The summed E-state index contributed by atoms with van der Waals surface area (Å²) in [7, 11) is 0. The Hall–Kier alpha value is -1.88. The third-order valence-corrected chi connectivity index (χ3v) is 3.53. The number of fused-ring (bicyclic) bond motifs is 1. The van der Waals surface area contributed by atoms with Crippen LogP contribution >= 0.6 is 0 Å². The summed E-state index contributed by atoms with van der Waals surface area (Å²) < 4.78 is 21.2. The van der Waals surface area contributed by atoms with Crippen LogP contribution in [0.25, 0.3) is 0 Å². The third kappa shape index (κ3) is 2.10. The maximum absolute atomic E-state index is 13.3. The molecule has 1 aromatic heterocycles. The summed E-state index contributed by atoms with van der Waals surface area (Å²) in [5.41, 5.74) is 7.99. The second kappa shape index (κ2) is 4.66. The Balaban J connectivity index is 1.96. The van der Waals surface area contributed by atoms with Crippen LogP contribution in [-0.2, 0) is 6.54 Å². The van der Waals surface area contributed by atoms with Gasteiger partial charge < -0.3 is 15.0 Å². The van der Waals surface area contributed by atoms with Crippen molar-refractivity contribution in [2.75, 3.05) is 0 Å². The van der Waals surface area contributed by atoms with Crippen molar-refractivity contribution < 1.29 is 9.13 Å². The number of halogens is 1. The van der Waals surface area contributed by atoms with Gasteiger partial charge in [0.15, 0.2) is 0 Å². The van der Waals surface area contributed by atoms with Gasteiger partial charge in [0, 0.05) is 30.6 Å². The van der Waals surface area contributed by atoms with Crippen LogP contribution < -0.4 is 10.5 Å². The number of aryl methyl sites for hydroxylation is 1. The van der Waals surface area contributed by atoms with E-state index in [0.29, 0.717) is 12.2 Å². The molecule has 5 heteroatoms. The highest BCUT2D eigenvalue weighted by Crippen LogP contribution is 2.39. The van der Waals surface area contributed by atoms with Gasteiger partial charge in [-0.25, -0.2) is 9.37 Å². The van der Waals surface area contributed by atoms with Crippen LogP contribution in [0.4, 0.5) is 4.39 Å². The van der Waals surface area contributed by atoms with Crippen LogP contribution in [-0.4, -0.2) is 9.55 Å². The van der Waals surface area contributed by atoms with Crippen molar-refractivity contribution in [3.63, 3.8) is 0 Å². The molecule has 2 N–H and O–H groups in total. The Bertz CT molecular complexity index is 596. The van der Waals surface area contributed by atoms with Gasteiger partial charge in [0.05, 0.1) is 18.2 Å². The number of rotatable bonds is 2. The number of benzene rings is 1. The summed E-state index contributed by atoms with van der Waals surface area (Å²) in [4.78, 5) is 4.13. The number of hydrogen-bond donors (Lipinski definition) is 1. The van der Waals surface area contributed by atoms with Crippen LogP contribution in [0.5, 0.6) is 5.75 Å². The Morgan fingerprint density at radius 3 is 3.16 bits per heavy atom. The summed E-state index contributed by atoms with van der Waals surface area (Å²) in [5.74, 6) is 0.225. The SMILES string of the molecule is CCn1cncc1C1CC(N)c2ccc(F)cc2O1. The zero-order valence-electron chi connectivity index (χ0n) is 10.7. The van der Waals surface area contributed by atoms with E-state index in [1.165, 1.54) is 12.1 Å². The highest BCUT2D eigenvalue weighted by molar-refractivity contribution is 5.39. The number of nitrogens with two attached hydrogens (primary N) is 1. The van der Waals surface area contributed by atoms with Gasteiger partial charge in [-0.15, -0.1) is 0 Å². The first-order valence-electron chi connectivity index (χ1n) is 6.40. The van der Waals surface area contributed by atoms with Gasteiger partial charge in [0.1, 0.15) is 17.7 Å². The molecule has 0 radical (unpaired) electrons. The summed E-state index contributed by atoms with van der Waals surface area (Å²) >= 11 is 0. The molecule has 0 saturated heterocycles. The standard InChI is InChI=1S/C14H16FN3O/c1-2-18-8-17-7-12(18)14-6-11(16)10-4-3-9(15)5-13(10)19-14/h3-5,7-8,11,14H,2,6,16H2,1H3. The molecule has 0 amide bonds. The van der Waals surface area contributed by atoms with Crippen LogP contribution in [0.1, 0.15) is 36.7 Å². The lowest BCUT2D eigenvalue weighted by Gasteiger charge is -2.30. The number of nitrogens with zero attached hydrogens (tertiary/aromatic N) is 2. The number of aromatic nitrogens is 2. The van der Waals surface area contributed by atoms with Crippen molar-refractivity contribution in [1.82, 2.24) is 9.55 Å². The average molecular weight is 261 g/mol. The fraction of sp³-hybridized carbons (Fsp3) is 0.357. The molecular weight excluding hydrogens is 245 g/mol. The molecule has 3 rings (SSSR count). The van der Waals surface area contributed by atoms with E-state index in [9.17, 15) is 4.39 Å². The molecule has 2 heterocycles. The molecule has 1 aliphatic heterocycles. The van der Waals surface area contributed by atoms with E-state index in [-0.39, 0.29) is 18.0 Å². The Labute approximate surface area is 111 Å². The normalized spacial score (nSPS) is 21.8. The lowest BCUT2D eigenvalue weighted by atomic mass is 9.96. The molecule has 2 aromatic rings. The van der Waals surface area contributed by atoms with E-state index >= 15 is 0 Å². The van der Waals surface area contributed by atoms with E-state index in [1.807, 2.05) is 11.5 Å². The number of hydrogen-bond acceptors (Lipinski definition) is 3. The Kier molecular flexibility index (Phi) is 2.98. The van der Waals surface area contributed by atoms with Crippen molar-refractivity contribution in [2.45, 2.75) is 32.0 Å². The molecule has 0 aliphatic carbocycles. The van der Waals surface area contributed by atoms with Gasteiger partial charge in [-0.3, -0.25) is 0 Å². The monoisotopic (exact) mass is 261 g/mol. The van der Waals surface area contributed by atoms with Gasteiger partial charge in [-0.2, -0.15) is 0 Å². The molecule has 0 fully saturated rings. The van der Waals surface area contributed by atoms with Crippen LogP contribution in [0.3, 0.4) is 0 Å². The third-order valence-electron chi connectivity index (χ3n) is 3.53. The summed E-state index contributed by atoms with van der Waals surface area (Å²) in [6.45, 7) is 2.86. The van der Waals surface area contributed by atoms with Crippen molar-refractivity contribution in [1.29, 1.82) is 0 Å². The molecule has 1 aromatic carbocycles. The molecular formula is C14H16FN3O. The summed E-state index contributed by atoms with van der Waals surface area (Å²) in [6, 6.07) is 4.37. The Morgan fingerprint density at radius 1 is 1.53 bits per heavy atom. The molecule has 1 aliphatic rings. The zero-order chi connectivity index (χ0) is 13.4. The molecule has 100 valence electrons. The van der Waals surface area contributed by atoms with E-state index < -0.39 is 0 Å². The van der Waals surface area contributed by atoms with E-state index in [0.717, 1.165) is 17.8 Å². The molecule has 0 saturated carbocycles. The fourth-order valence-corrected chi connectivity index (χ4v) is 2.52. The van der Waals surface area contributed by atoms with Gasteiger partial charge >= 0.3 is 0 Å². The highest BCUT2D eigenvalue weighted by Gasteiger charge is 2.29. The van der Waals surface area contributed by atoms with Crippen LogP contribution in [0.2, 0.25) is 0 Å². The smallest absolute Gasteiger partial charge is 0.142 e. The minimum absolute atomic E-state index is 0.144. The van der Waals surface area contributed by atoms with Crippen LogP contribution in [0, 0.1) is 5.82 Å². The number of imidazole rings is 1. The maximum Gasteiger partial charge on any atom is 0.142 e. The van der Waals surface area contributed by atoms with Gasteiger partial charge in [-0.05, 0) is 13.0 Å². The van der Waals surface area contributed by atoms with Gasteiger partial charge in [0.25, 0.3) is 0 Å². The molecule has 19 heavy (non-hydrogen) atoms. The second-order valence-corrected chi connectivity index (χ2v) is 4.74. The predicted octanol–water partition coefficient (Wildman–Crippen LogP) is 2.57. The fourth-order valence-electron chi connectivity index (χ4n) is 2.52. The van der Waals surface area contributed by atoms with Crippen molar-refractivity contribution >= 4 is 0 Å². The van der Waals surface area contributed by atoms with E-state index in [2.05, 4.69) is 4.98 Å². The van der Waals surface area contributed by atoms with Gasteiger partial charge in [-0.1, -0.05) is 6.07 Å². The van der Waals surface area contributed by atoms with Crippen LogP contribution in [0.15, 0.2) is 30.7 Å². The average Bonchev–Trinajstić information content (AvgIpc) is 2.86. The topological polar surface area (TPSA) is 53.1 Å². The quantitative estimate of drug-likeness (QED) is 0.904. The van der Waals surface area contributed by atoms with Crippen molar-refractivity contribution in [3.8, 4) is 5.75 Å². The van der Waals surface area contributed by atoms with Gasteiger partial charge in [0.2, 0.25) is 0 Å². The van der Waals surface area contributed by atoms with Crippen molar-refractivity contribution in [2.24, 2.45) is 5.73 Å². The Morgan fingerprint density at radius 2 is 2.37 bits per heavy atom.